The first-order chi connectivity index (χ1) is 14.2. The van der Waals surface area contributed by atoms with Gasteiger partial charge in [0.05, 0.1) is 12.2 Å². The third kappa shape index (κ3) is 5.28. The molecule has 0 saturated carbocycles. The molecule has 1 N–H and O–H groups in total. The fourth-order valence-electron chi connectivity index (χ4n) is 2.65. The molecular weight excluding hydrogens is 407 g/mol. The molecule has 0 spiro atoms. The Kier molecular flexibility index (Phi) is 6.24. The van der Waals surface area contributed by atoms with E-state index in [0.29, 0.717) is 0 Å². The van der Waals surface area contributed by atoms with Gasteiger partial charge >= 0.3 is 18.1 Å². The molecule has 0 radical (unpaired) electrons. The molecule has 0 aliphatic carbocycles. The Morgan fingerprint density at radius 3 is 2.60 bits per heavy atom. The highest BCUT2D eigenvalue weighted by atomic mass is 19.4. The fourth-order valence-corrected chi connectivity index (χ4v) is 2.65. The van der Waals surface area contributed by atoms with Crippen molar-refractivity contribution < 1.29 is 41.8 Å². The van der Waals surface area contributed by atoms with Crippen molar-refractivity contribution in [3.8, 4) is 5.75 Å². The van der Waals surface area contributed by atoms with E-state index in [0.717, 1.165) is 12.1 Å². The molecular formula is C20H16F3NO6. The van der Waals surface area contributed by atoms with Crippen molar-refractivity contribution in [2.45, 2.75) is 18.7 Å². The lowest BCUT2D eigenvalue weighted by Crippen LogP contribution is -2.24. The number of carbonyl (C=O) groups excluding carboxylic acids is 3. The van der Waals surface area contributed by atoms with Gasteiger partial charge in [-0.3, -0.25) is 4.79 Å². The zero-order valence-corrected chi connectivity index (χ0v) is 15.4. The van der Waals surface area contributed by atoms with Crippen LogP contribution < -0.4 is 10.1 Å². The second-order valence-electron chi connectivity index (χ2n) is 6.26. The first-order valence-electron chi connectivity index (χ1n) is 8.80. The van der Waals surface area contributed by atoms with E-state index < -0.39 is 42.3 Å². The molecule has 2 aromatic rings. The number of alkyl halides is 3. The van der Waals surface area contributed by atoms with E-state index >= 15 is 0 Å². The molecule has 1 heterocycles. The molecule has 1 atom stereocenters. The Balaban J connectivity index is 1.61. The molecule has 1 amide bonds. The summed E-state index contributed by atoms with van der Waals surface area (Å²) in [5.41, 5.74) is -0.963. The van der Waals surface area contributed by atoms with E-state index in [1.807, 2.05) is 0 Å². The lowest BCUT2D eigenvalue weighted by atomic mass is 10.2. The third-order valence-electron chi connectivity index (χ3n) is 4.08. The van der Waals surface area contributed by atoms with Gasteiger partial charge in [0, 0.05) is 12.1 Å². The van der Waals surface area contributed by atoms with Gasteiger partial charge < -0.3 is 19.5 Å². The summed E-state index contributed by atoms with van der Waals surface area (Å²) in [6, 6.07) is 10.1. The molecule has 7 nitrogen and oxygen atoms in total. The molecule has 2 aromatic carbocycles. The SMILES string of the molecule is O=C(COc1ccccc1C(=O)O[C@@H]1CCOC1=O)Nc1cccc(C(F)(F)F)c1. The first kappa shape index (κ1) is 21.2. The predicted molar refractivity (Wildman–Crippen MR) is 96.8 cm³/mol. The van der Waals surface area contributed by atoms with Crippen molar-refractivity contribution >= 4 is 23.5 Å². The number of hydrogen-bond acceptors (Lipinski definition) is 6. The van der Waals surface area contributed by atoms with E-state index in [4.69, 9.17) is 14.2 Å². The van der Waals surface area contributed by atoms with Crippen molar-refractivity contribution in [3.05, 3.63) is 59.7 Å². The Bertz CT molecular complexity index is 960. The molecule has 1 fully saturated rings. The maximum atomic E-state index is 12.8. The lowest BCUT2D eigenvalue weighted by Gasteiger charge is -2.13. The minimum atomic E-state index is -4.54. The van der Waals surface area contributed by atoms with Crippen LogP contribution in [0.15, 0.2) is 48.5 Å². The molecule has 0 aromatic heterocycles. The summed E-state index contributed by atoms with van der Waals surface area (Å²) in [6.45, 7) is -0.406. The standard InChI is InChI=1S/C20H16F3NO6/c21-20(22,23)12-4-3-5-13(10-12)24-17(25)11-29-15-7-2-1-6-14(15)18(26)30-16-8-9-28-19(16)27/h1-7,10,16H,8-9,11H2,(H,24,25)/t16-/m1/s1. The maximum absolute atomic E-state index is 12.8. The lowest BCUT2D eigenvalue weighted by molar-refractivity contribution is -0.145. The van der Waals surface area contributed by atoms with Crippen LogP contribution in [0, 0.1) is 0 Å². The zero-order valence-electron chi connectivity index (χ0n) is 15.4. The van der Waals surface area contributed by atoms with E-state index in [9.17, 15) is 27.6 Å². The molecule has 10 heteroatoms. The first-order valence-corrected chi connectivity index (χ1v) is 8.80. The summed E-state index contributed by atoms with van der Waals surface area (Å²) in [5.74, 6) is -2.17. The number of benzene rings is 2. The van der Waals surface area contributed by atoms with Crippen molar-refractivity contribution in [2.75, 3.05) is 18.5 Å². The fraction of sp³-hybridized carbons (Fsp3) is 0.250. The molecule has 1 aliphatic rings. The van der Waals surface area contributed by atoms with Crippen LogP contribution in [0.3, 0.4) is 0 Å². The van der Waals surface area contributed by atoms with E-state index in [2.05, 4.69) is 5.32 Å². The van der Waals surface area contributed by atoms with Gasteiger partial charge in [0.25, 0.3) is 5.91 Å². The zero-order chi connectivity index (χ0) is 21.7. The van der Waals surface area contributed by atoms with Gasteiger partial charge in [-0.25, -0.2) is 9.59 Å². The number of ether oxygens (including phenoxy) is 3. The summed E-state index contributed by atoms with van der Waals surface area (Å²) < 4.78 is 53.4. The summed E-state index contributed by atoms with van der Waals surface area (Å²) in [4.78, 5) is 35.8. The predicted octanol–water partition coefficient (Wildman–Crippen LogP) is 3.20. The summed E-state index contributed by atoms with van der Waals surface area (Å²) in [5, 5.41) is 2.30. The quantitative estimate of drug-likeness (QED) is 0.718. The van der Waals surface area contributed by atoms with Gasteiger partial charge in [0.2, 0.25) is 6.10 Å². The number of rotatable bonds is 6. The number of esters is 2. The monoisotopic (exact) mass is 423 g/mol. The number of cyclic esters (lactones) is 1. The van der Waals surface area contributed by atoms with Gasteiger partial charge in [-0.2, -0.15) is 13.2 Å². The average molecular weight is 423 g/mol. The Morgan fingerprint density at radius 2 is 1.90 bits per heavy atom. The molecule has 158 valence electrons. The number of para-hydroxylation sites is 1. The number of hydrogen-bond donors (Lipinski definition) is 1. The van der Waals surface area contributed by atoms with Crippen molar-refractivity contribution in [1.82, 2.24) is 0 Å². The van der Waals surface area contributed by atoms with Crippen LogP contribution in [0.2, 0.25) is 0 Å². The molecule has 0 bridgehead atoms. The van der Waals surface area contributed by atoms with E-state index in [1.54, 1.807) is 12.1 Å². The molecule has 3 rings (SSSR count). The summed E-state index contributed by atoms with van der Waals surface area (Å²) in [7, 11) is 0. The van der Waals surface area contributed by atoms with E-state index in [1.165, 1.54) is 24.3 Å². The van der Waals surface area contributed by atoms with Crippen molar-refractivity contribution in [3.63, 3.8) is 0 Å². The van der Waals surface area contributed by atoms with Crippen LogP contribution in [-0.4, -0.2) is 37.2 Å². The molecule has 30 heavy (non-hydrogen) atoms. The number of halogens is 3. The molecule has 0 unspecified atom stereocenters. The maximum Gasteiger partial charge on any atom is 0.416 e. The van der Waals surface area contributed by atoms with Crippen LogP contribution in [0.5, 0.6) is 5.75 Å². The second kappa shape index (κ2) is 8.85. The van der Waals surface area contributed by atoms with Crippen molar-refractivity contribution in [1.29, 1.82) is 0 Å². The number of amides is 1. The normalized spacial score (nSPS) is 16.0. The second-order valence-corrected chi connectivity index (χ2v) is 6.26. The smallest absolute Gasteiger partial charge is 0.416 e. The highest BCUT2D eigenvalue weighted by Gasteiger charge is 2.32. The van der Waals surface area contributed by atoms with Gasteiger partial charge in [0.1, 0.15) is 11.3 Å². The highest BCUT2D eigenvalue weighted by Crippen LogP contribution is 2.30. The number of anilines is 1. The van der Waals surface area contributed by atoms with E-state index in [-0.39, 0.29) is 30.0 Å². The minimum absolute atomic E-state index is 0.0101. The van der Waals surface area contributed by atoms with Crippen LogP contribution in [0.25, 0.3) is 0 Å². The minimum Gasteiger partial charge on any atom is -0.483 e. The highest BCUT2D eigenvalue weighted by molar-refractivity contribution is 5.95. The summed E-state index contributed by atoms with van der Waals surface area (Å²) >= 11 is 0. The Morgan fingerprint density at radius 1 is 1.13 bits per heavy atom. The van der Waals surface area contributed by atoms with Crippen molar-refractivity contribution in [2.24, 2.45) is 0 Å². The molecule has 1 saturated heterocycles. The Labute approximate surface area is 168 Å². The molecule has 1 aliphatic heterocycles. The van der Waals surface area contributed by atoms with Crippen LogP contribution in [0.1, 0.15) is 22.3 Å². The Hall–Kier alpha value is -3.56. The van der Waals surface area contributed by atoms with Gasteiger partial charge in [-0.1, -0.05) is 18.2 Å². The van der Waals surface area contributed by atoms with Gasteiger partial charge in [-0.15, -0.1) is 0 Å². The van der Waals surface area contributed by atoms with Gasteiger partial charge in [-0.05, 0) is 30.3 Å². The van der Waals surface area contributed by atoms with Crippen LogP contribution in [-0.2, 0) is 25.2 Å². The topological polar surface area (TPSA) is 90.9 Å². The number of carbonyl (C=O) groups is 3. The van der Waals surface area contributed by atoms with Gasteiger partial charge in [0.15, 0.2) is 6.61 Å². The third-order valence-corrected chi connectivity index (χ3v) is 4.08. The average Bonchev–Trinajstić information content (AvgIpc) is 3.10. The van der Waals surface area contributed by atoms with Crippen LogP contribution >= 0.6 is 0 Å². The summed E-state index contributed by atoms with van der Waals surface area (Å²) in [6.07, 6.45) is -5.30. The number of nitrogens with one attached hydrogen (secondary N) is 1. The van der Waals surface area contributed by atoms with Crippen LogP contribution in [0.4, 0.5) is 18.9 Å². The largest absolute Gasteiger partial charge is 0.483 e.